The number of carbonyl (C=O) groups is 1. The fourth-order valence-corrected chi connectivity index (χ4v) is 4.31. The van der Waals surface area contributed by atoms with Gasteiger partial charge in [0, 0.05) is 29.6 Å². The molecule has 5 nitrogen and oxygen atoms in total. The van der Waals surface area contributed by atoms with Crippen molar-refractivity contribution >= 4 is 34.3 Å². The maximum atomic E-state index is 11.8. The second kappa shape index (κ2) is 6.07. The average molecular weight is 356 g/mol. The maximum Gasteiger partial charge on any atom is 0.191 e. The number of nitrogens with zero attached hydrogens (tertiary/aromatic N) is 4. The molecule has 0 atom stereocenters. The first-order valence-electron chi connectivity index (χ1n) is 7.78. The summed E-state index contributed by atoms with van der Waals surface area (Å²) in [5.41, 5.74) is 3.83. The Morgan fingerprint density at radius 2 is 2.04 bits per heavy atom. The number of benzene rings is 1. The fraction of sp³-hybridized carbons (Fsp3) is 0.294. The standard InChI is InChI=1S/C17H16N4OS2/c1-10-16(11(2)22)24-17(21(10)14-7-8-14)18-13-5-3-12(4-6-13)15-9-23-20-19-15/h3-6,9,14H,7-8H2,1-2H3. The van der Waals surface area contributed by atoms with Crippen LogP contribution in [-0.4, -0.2) is 19.9 Å². The van der Waals surface area contributed by atoms with Gasteiger partial charge in [0.25, 0.3) is 0 Å². The first-order valence-corrected chi connectivity index (χ1v) is 9.44. The van der Waals surface area contributed by atoms with Gasteiger partial charge in [0.2, 0.25) is 0 Å². The van der Waals surface area contributed by atoms with E-state index in [4.69, 9.17) is 4.99 Å². The van der Waals surface area contributed by atoms with Gasteiger partial charge in [-0.05, 0) is 43.4 Å². The number of ketones is 1. The molecule has 1 aliphatic carbocycles. The first kappa shape index (κ1) is 15.4. The molecule has 0 radical (unpaired) electrons. The molecule has 1 aliphatic rings. The lowest BCUT2D eigenvalue weighted by atomic mass is 10.1. The van der Waals surface area contributed by atoms with Gasteiger partial charge in [-0.3, -0.25) is 4.79 Å². The number of aromatic nitrogens is 3. The monoisotopic (exact) mass is 356 g/mol. The molecule has 0 aliphatic heterocycles. The van der Waals surface area contributed by atoms with Gasteiger partial charge in [-0.1, -0.05) is 28.0 Å². The van der Waals surface area contributed by atoms with Crippen molar-refractivity contribution in [3.05, 3.63) is 45.0 Å². The highest BCUT2D eigenvalue weighted by Crippen LogP contribution is 2.36. The van der Waals surface area contributed by atoms with Gasteiger partial charge in [-0.25, -0.2) is 4.99 Å². The van der Waals surface area contributed by atoms with Crippen LogP contribution in [-0.2, 0) is 0 Å². The zero-order valence-corrected chi connectivity index (χ0v) is 15.0. The number of rotatable bonds is 4. The Hall–Kier alpha value is -2.12. The molecule has 1 aromatic carbocycles. The Morgan fingerprint density at radius 3 is 2.62 bits per heavy atom. The Labute approximate surface area is 147 Å². The summed E-state index contributed by atoms with van der Waals surface area (Å²) in [6.07, 6.45) is 2.33. The lowest BCUT2D eigenvalue weighted by Gasteiger charge is -2.03. The molecule has 4 rings (SSSR count). The van der Waals surface area contributed by atoms with Gasteiger partial charge in [0.05, 0.1) is 10.6 Å². The van der Waals surface area contributed by atoms with E-state index >= 15 is 0 Å². The summed E-state index contributed by atoms with van der Waals surface area (Å²) in [6, 6.07) is 8.46. The molecule has 0 saturated heterocycles. The van der Waals surface area contributed by atoms with Crippen LogP contribution < -0.4 is 4.80 Å². The number of hydrogen-bond acceptors (Lipinski definition) is 6. The topological polar surface area (TPSA) is 60.1 Å². The van der Waals surface area contributed by atoms with Crippen LogP contribution in [0.5, 0.6) is 0 Å². The lowest BCUT2D eigenvalue weighted by Crippen LogP contribution is -2.14. The maximum absolute atomic E-state index is 11.8. The minimum absolute atomic E-state index is 0.111. The van der Waals surface area contributed by atoms with Crippen molar-refractivity contribution < 1.29 is 4.79 Å². The van der Waals surface area contributed by atoms with Crippen LogP contribution in [0.4, 0.5) is 5.69 Å². The van der Waals surface area contributed by atoms with Crippen molar-refractivity contribution in [1.82, 2.24) is 14.2 Å². The summed E-state index contributed by atoms with van der Waals surface area (Å²) < 4.78 is 6.11. The minimum Gasteiger partial charge on any atom is -0.317 e. The first-order chi connectivity index (χ1) is 11.6. The summed E-state index contributed by atoms with van der Waals surface area (Å²) in [4.78, 5) is 18.3. The normalized spacial score (nSPS) is 15.0. The van der Waals surface area contributed by atoms with Gasteiger partial charge in [-0.2, -0.15) is 0 Å². The summed E-state index contributed by atoms with van der Waals surface area (Å²) >= 11 is 2.83. The van der Waals surface area contributed by atoms with Crippen molar-refractivity contribution in [3.63, 3.8) is 0 Å². The molecule has 3 aromatic rings. The van der Waals surface area contributed by atoms with Crippen LogP contribution in [0.15, 0.2) is 34.6 Å². The molecule has 2 aromatic heterocycles. The van der Waals surface area contributed by atoms with Crippen LogP contribution in [0.1, 0.15) is 41.2 Å². The quantitative estimate of drug-likeness (QED) is 0.660. The molecule has 0 spiro atoms. The van der Waals surface area contributed by atoms with Gasteiger partial charge < -0.3 is 4.57 Å². The predicted molar refractivity (Wildman–Crippen MR) is 95.9 cm³/mol. The minimum atomic E-state index is 0.111. The molecule has 0 unspecified atom stereocenters. The summed E-state index contributed by atoms with van der Waals surface area (Å²) in [6.45, 7) is 3.64. The third-order valence-electron chi connectivity index (χ3n) is 4.07. The molecular weight excluding hydrogens is 340 g/mol. The van der Waals surface area contributed by atoms with Crippen molar-refractivity contribution in [1.29, 1.82) is 0 Å². The van der Waals surface area contributed by atoms with Crippen molar-refractivity contribution in [2.45, 2.75) is 32.7 Å². The van der Waals surface area contributed by atoms with Crippen LogP contribution >= 0.6 is 22.9 Å². The molecular formula is C17H16N4OS2. The van der Waals surface area contributed by atoms with E-state index < -0.39 is 0 Å². The predicted octanol–water partition coefficient (Wildman–Crippen LogP) is 4.15. The average Bonchev–Trinajstić information content (AvgIpc) is 3.13. The van der Waals surface area contributed by atoms with Gasteiger partial charge >= 0.3 is 0 Å². The molecule has 0 N–H and O–H groups in total. The summed E-state index contributed by atoms with van der Waals surface area (Å²) in [5, 5.41) is 6.00. The van der Waals surface area contributed by atoms with E-state index in [9.17, 15) is 4.79 Å². The summed E-state index contributed by atoms with van der Waals surface area (Å²) in [5.74, 6) is 0.111. The van der Waals surface area contributed by atoms with E-state index in [1.807, 2.05) is 36.6 Å². The lowest BCUT2D eigenvalue weighted by molar-refractivity contribution is 0.102. The highest BCUT2D eigenvalue weighted by atomic mass is 32.1. The van der Waals surface area contributed by atoms with Crippen LogP contribution in [0.3, 0.4) is 0 Å². The molecule has 1 fully saturated rings. The third-order valence-corrected chi connectivity index (χ3v) is 5.83. The van der Waals surface area contributed by atoms with E-state index in [0.717, 1.165) is 45.2 Å². The molecule has 122 valence electrons. The highest BCUT2D eigenvalue weighted by molar-refractivity contribution is 7.11. The molecule has 1 saturated carbocycles. The van der Waals surface area contributed by atoms with Gasteiger partial charge in [0.15, 0.2) is 10.6 Å². The Kier molecular flexibility index (Phi) is 3.90. The number of carbonyl (C=O) groups excluding carboxylic acids is 1. The second-order valence-electron chi connectivity index (χ2n) is 5.91. The molecule has 7 heteroatoms. The zero-order chi connectivity index (χ0) is 16.7. The smallest absolute Gasteiger partial charge is 0.191 e. The number of Topliss-reactive ketones (excluding diaryl/α,β-unsaturated/α-hetero) is 1. The fourth-order valence-electron chi connectivity index (χ4n) is 2.74. The molecule has 0 amide bonds. The van der Waals surface area contributed by atoms with E-state index in [-0.39, 0.29) is 5.78 Å². The molecule has 24 heavy (non-hydrogen) atoms. The Balaban J connectivity index is 1.75. The van der Waals surface area contributed by atoms with Crippen molar-refractivity contribution in [3.8, 4) is 11.3 Å². The number of hydrogen-bond donors (Lipinski definition) is 0. The van der Waals surface area contributed by atoms with E-state index in [1.54, 1.807) is 6.92 Å². The SMILES string of the molecule is CC(=O)c1sc(=Nc2ccc(-c3csnn3)cc2)n(C2CC2)c1C. The van der Waals surface area contributed by atoms with E-state index in [0.29, 0.717) is 6.04 Å². The van der Waals surface area contributed by atoms with Crippen LogP contribution in [0.25, 0.3) is 11.3 Å². The van der Waals surface area contributed by atoms with E-state index in [1.165, 1.54) is 22.9 Å². The number of thiazole rings is 1. The van der Waals surface area contributed by atoms with Crippen molar-refractivity contribution in [2.75, 3.05) is 0 Å². The Bertz CT molecular complexity index is 948. The molecule has 0 bridgehead atoms. The second-order valence-corrected chi connectivity index (χ2v) is 7.49. The van der Waals surface area contributed by atoms with E-state index in [2.05, 4.69) is 14.2 Å². The van der Waals surface area contributed by atoms with Crippen LogP contribution in [0.2, 0.25) is 0 Å². The van der Waals surface area contributed by atoms with Gasteiger partial charge in [-0.15, -0.1) is 5.10 Å². The third kappa shape index (κ3) is 2.85. The van der Waals surface area contributed by atoms with Gasteiger partial charge in [0.1, 0.15) is 5.69 Å². The summed E-state index contributed by atoms with van der Waals surface area (Å²) in [7, 11) is 0. The largest absolute Gasteiger partial charge is 0.317 e. The molecule has 2 heterocycles. The Morgan fingerprint density at radius 1 is 1.29 bits per heavy atom. The highest BCUT2D eigenvalue weighted by Gasteiger charge is 2.28. The zero-order valence-electron chi connectivity index (χ0n) is 13.4. The van der Waals surface area contributed by atoms with Crippen LogP contribution in [0, 0.1) is 6.92 Å². The van der Waals surface area contributed by atoms with Crippen molar-refractivity contribution in [2.24, 2.45) is 4.99 Å².